The second-order valence-electron chi connectivity index (χ2n) is 5.20. The SMILES string of the molecule is CCCOc1ccc(C(C)Nc2cccc(Br)c2C)cc1. The standard InChI is InChI=1S/C18H22BrNO/c1-4-12-21-16-10-8-15(9-11-16)14(3)20-18-7-5-6-17(19)13(18)2/h5-11,14,20H,4,12H2,1-3H3. The van der Waals surface area contributed by atoms with E-state index >= 15 is 0 Å². The van der Waals surface area contributed by atoms with E-state index in [1.165, 1.54) is 11.1 Å². The van der Waals surface area contributed by atoms with E-state index in [0.717, 1.165) is 28.9 Å². The number of ether oxygens (including phenoxy) is 1. The van der Waals surface area contributed by atoms with Gasteiger partial charge in [-0.05, 0) is 55.7 Å². The summed E-state index contributed by atoms with van der Waals surface area (Å²) in [6.07, 6.45) is 1.03. The predicted molar refractivity (Wildman–Crippen MR) is 93.1 cm³/mol. The van der Waals surface area contributed by atoms with E-state index in [-0.39, 0.29) is 6.04 Å². The van der Waals surface area contributed by atoms with Crippen molar-refractivity contribution in [3.63, 3.8) is 0 Å². The Morgan fingerprint density at radius 2 is 1.86 bits per heavy atom. The molecule has 2 aromatic carbocycles. The fourth-order valence-electron chi connectivity index (χ4n) is 2.15. The monoisotopic (exact) mass is 347 g/mol. The van der Waals surface area contributed by atoms with Crippen LogP contribution in [0.15, 0.2) is 46.9 Å². The van der Waals surface area contributed by atoms with Crippen LogP contribution >= 0.6 is 15.9 Å². The Labute approximate surface area is 135 Å². The highest BCUT2D eigenvalue weighted by Crippen LogP contribution is 2.27. The number of anilines is 1. The molecule has 0 bridgehead atoms. The number of rotatable bonds is 6. The summed E-state index contributed by atoms with van der Waals surface area (Å²) in [6, 6.07) is 14.8. The predicted octanol–water partition coefficient (Wildman–Crippen LogP) is 5.72. The van der Waals surface area contributed by atoms with Gasteiger partial charge in [-0.15, -0.1) is 0 Å². The van der Waals surface area contributed by atoms with Crippen molar-refractivity contribution in [1.82, 2.24) is 0 Å². The first kappa shape index (κ1) is 15.9. The van der Waals surface area contributed by atoms with Gasteiger partial charge in [0, 0.05) is 16.2 Å². The van der Waals surface area contributed by atoms with Crippen molar-refractivity contribution in [2.45, 2.75) is 33.2 Å². The highest BCUT2D eigenvalue weighted by Gasteiger charge is 2.08. The molecular formula is C18H22BrNO. The summed E-state index contributed by atoms with van der Waals surface area (Å²) in [4.78, 5) is 0. The van der Waals surface area contributed by atoms with Gasteiger partial charge in [0.15, 0.2) is 0 Å². The zero-order chi connectivity index (χ0) is 15.2. The quantitative estimate of drug-likeness (QED) is 0.721. The molecule has 3 heteroatoms. The second kappa shape index (κ2) is 7.51. The summed E-state index contributed by atoms with van der Waals surface area (Å²) in [6.45, 7) is 7.16. The Balaban J connectivity index is 2.06. The molecular weight excluding hydrogens is 326 g/mol. The first-order valence-electron chi connectivity index (χ1n) is 7.36. The summed E-state index contributed by atoms with van der Waals surface area (Å²) in [5.41, 5.74) is 3.63. The number of nitrogens with one attached hydrogen (secondary N) is 1. The molecule has 112 valence electrons. The summed E-state index contributed by atoms with van der Waals surface area (Å²) >= 11 is 3.57. The molecule has 1 unspecified atom stereocenters. The van der Waals surface area contributed by atoms with Crippen LogP contribution in [0.3, 0.4) is 0 Å². The van der Waals surface area contributed by atoms with Crippen LogP contribution in [0.1, 0.15) is 37.4 Å². The number of hydrogen-bond donors (Lipinski definition) is 1. The lowest BCUT2D eigenvalue weighted by molar-refractivity contribution is 0.317. The molecule has 0 spiro atoms. The fourth-order valence-corrected chi connectivity index (χ4v) is 2.52. The van der Waals surface area contributed by atoms with E-state index < -0.39 is 0 Å². The molecule has 1 N–H and O–H groups in total. The molecule has 0 aliphatic rings. The molecule has 0 aliphatic carbocycles. The van der Waals surface area contributed by atoms with E-state index in [9.17, 15) is 0 Å². The van der Waals surface area contributed by atoms with Crippen molar-refractivity contribution in [1.29, 1.82) is 0 Å². The lowest BCUT2D eigenvalue weighted by atomic mass is 10.1. The minimum absolute atomic E-state index is 0.248. The molecule has 0 saturated carbocycles. The average Bonchev–Trinajstić information content (AvgIpc) is 2.50. The highest BCUT2D eigenvalue weighted by molar-refractivity contribution is 9.10. The number of benzene rings is 2. The van der Waals surface area contributed by atoms with Gasteiger partial charge in [-0.25, -0.2) is 0 Å². The third-order valence-electron chi connectivity index (χ3n) is 3.49. The van der Waals surface area contributed by atoms with E-state index in [2.05, 4.69) is 66.3 Å². The molecule has 2 rings (SSSR count). The lowest BCUT2D eigenvalue weighted by Crippen LogP contribution is -2.07. The largest absolute Gasteiger partial charge is 0.494 e. The fraction of sp³-hybridized carbons (Fsp3) is 0.333. The Morgan fingerprint density at radius 1 is 1.14 bits per heavy atom. The first-order chi connectivity index (χ1) is 10.1. The molecule has 0 fully saturated rings. The average molecular weight is 348 g/mol. The van der Waals surface area contributed by atoms with Crippen LogP contribution in [0.4, 0.5) is 5.69 Å². The number of hydrogen-bond acceptors (Lipinski definition) is 2. The third kappa shape index (κ3) is 4.24. The van der Waals surface area contributed by atoms with Gasteiger partial charge in [-0.1, -0.05) is 41.1 Å². The lowest BCUT2D eigenvalue weighted by Gasteiger charge is -2.18. The van der Waals surface area contributed by atoms with Crippen molar-refractivity contribution in [3.8, 4) is 5.75 Å². The summed E-state index contributed by atoms with van der Waals surface area (Å²) in [7, 11) is 0. The molecule has 0 heterocycles. The smallest absolute Gasteiger partial charge is 0.119 e. The van der Waals surface area contributed by atoms with Crippen LogP contribution in [0.2, 0.25) is 0 Å². The minimum atomic E-state index is 0.248. The normalized spacial score (nSPS) is 12.0. The molecule has 0 amide bonds. The maximum Gasteiger partial charge on any atom is 0.119 e. The third-order valence-corrected chi connectivity index (χ3v) is 4.35. The van der Waals surface area contributed by atoms with Gasteiger partial charge in [-0.3, -0.25) is 0 Å². The summed E-state index contributed by atoms with van der Waals surface area (Å²) in [5, 5.41) is 3.56. The summed E-state index contributed by atoms with van der Waals surface area (Å²) in [5.74, 6) is 0.937. The van der Waals surface area contributed by atoms with E-state index in [4.69, 9.17) is 4.74 Å². The van der Waals surface area contributed by atoms with Crippen molar-refractivity contribution in [3.05, 3.63) is 58.1 Å². The Morgan fingerprint density at radius 3 is 2.52 bits per heavy atom. The first-order valence-corrected chi connectivity index (χ1v) is 8.15. The van der Waals surface area contributed by atoms with Crippen LogP contribution in [0.5, 0.6) is 5.75 Å². The van der Waals surface area contributed by atoms with Gasteiger partial charge in [0.2, 0.25) is 0 Å². The van der Waals surface area contributed by atoms with E-state index in [1.807, 2.05) is 18.2 Å². The van der Waals surface area contributed by atoms with Crippen LogP contribution < -0.4 is 10.1 Å². The summed E-state index contributed by atoms with van der Waals surface area (Å²) < 4.78 is 6.74. The van der Waals surface area contributed by atoms with Crippen LogP contribution in [0.25, 0.3) is 0 Å². The van der Waals surface area contributed by atoms with Crippen molar-refractivity contribution >= 4 is 21.6 Å². The molecule has 0 saturated heterocycles. The van der Waals surface area contributed by atoms with Gasteiger partial charge in [0.1, 0.15) is 5.75 Å². The molecule has 0 radical (unpaired) electrons. The van der Waals surface area contributed by atoms with Gasteiger partial charge in [-0.2, -0.15) is 0 Å². The number of halogens is 1. The van der Waals surface area contributed by atoms with Crippen LogP contribution in [-0.2, 0) is 0 Å². The molecule has 1 atom stereocenters. The van der Waals surface area contributed by atoms with E-state index in [1.54, 1.807) is 0 Å². The molecule has 2 aromatic rings. The maximum atomic E-state index is 5.62. The molecule has 0 aliphatic heterocycles. The Hall–Kier alpha value is -1.48. The zero-order valence-corrected chi connectivity index (χ0v) is 14.4. The minimum Gasteiger partial charge on any atom is -0.494 e. The van der Waals surface area contributed by atoms with Gasteiger partial charge in [0.05, 0.1) is 6.61 Å². The Bertz CT molecular complexity index is 580. The van der Waals surface area contributed by atoms with Gasteiger partial charge < -0.3 is 10.1 Å². The topological polar surface area (TPSA) is 21.3 Å². The van der Waals surface area contributed by atoms with Crippen molar-refractivity contribution in [2.75, 3.05) is 11.9 Å². The molecule has 2 nitrogen and oxygen atoms in total. The van der Waals surface area contributed by atoms with Gasteiger partial charge >= 0.3 is 0 Å². The van der Waals surface area contributed by atoms with E-state index in [0.29, 0.717) is 0 Å². The van der Waals surface area contributed by atoms with Crippen LogP contribution in [0, 0.1) is 6.92 Å². The zero-order valence-electron chi connectivity index (χ0n) is 12.8. The van der Waals surface area contributed by atoms with Crippen molar-refractivity contribution < 1.29 is 4.74 Å². The Kier molecular flexibility index (Phi) is 5.68. The van der Waals surface area contributed by atoms with Crippen molar-refractivity contribution in [2.24, 2.45) is 0 Å². The second-order valence-corrected chi connectivity index (χ2v) is 6.05. The van der Waals surface area contributed by atoms with Gasteiger partial charge in [0.25, 0.3) is 0 Å². The highest BCUT2D eigenvalue weighted by atomic mass is 79.9. The van der Waals surface area contributed by atoms with Crippen LogP contribution in [-0.4, -0.2) is 6.61 Å². The molecule has 0 aromatic heterocycles. The molecule has 21 heavy (non-hydrogen) atoms. The maximum absolute atomic E-state index is 5.62.